The maximum absolute atomic E-state index is 14.3. The first-order chi connectivity index (χ1) is 13.1. The van der Waals surface area contributed by atoms with Gasteiger partial charge in [0.05, 0.1) is 0 Å². The van der Waals surface area contributed by atoms with Gasteiger partial charge in [0, 0.05) is 12.2 Å². The van der Waals surface area contributed by atoms with Gasteiger partial charge in [-0.05, 0) is 112 Å². The third-order valence-corrected chi connectivity index (χ3v) is 6.94. The van der Waals surface area contributed by atoms with E-state index in [0.29, 0.717) is 6.42 Å². The number of halogens is 2. The smallest absolute Gasteiger partial charge is 0.129 e. The summed E-state index contributed by atoms with van der Waals surface area (Å²) in [6.45, 7) is 2.07. The second-order valence-electron chi connectivity index (χ2n) is 8.60. The van der Waals surface area contributed by atoms with Crippen LogP contribution >= 0.6 is 0 Å². The van der Waals surface area contributed by atoms with Crippen molar-refractivity contribution in [1.82, 2.24) is 0 Å². The summed E-state index contributed by atoms with van der Waals surface area (Å²) in [5.74, 6) is 1.83. The quantitative estimate of drug-likeness (QED) is 0.558. The van der Waals surface area contributed by atoms with E-state index < -0.39 is 11.6 Å². The van der Waals surface area contributed by atoms with Gasteiger partial charge in [0.2, 0.25) is 0 Å². The molecule has 0 amide bonds. The van der Waals surface area contributed by atoms with Crippen molar-refractivity contribution in [3.8, 4) is 0 Å². The van der Waals surface area contributed by atoms with E-state index in [4.69, 9.17) is 5.11 Å². The van der Waals surface area contributed by atoms with E-state index in [-0.39, 0.29) is 24.5 Å². The van der Waals surface area contributed by atoms with E-state index in [1.165, 1.54) is 38.5 Å². The van der Waals surface area contributed by atoms with Gasteiger partial charge in [-0.1, -0.05) is 12.2 Å². The number of aliphatic hydroxyl groups excluding tert-OH is 1. The van der Waals surface area contributed by atoms with Crippen LogP contribution in [0.2, 0.25) is 0 Å². The van der Waals surface area contributed by atoms with Gasteiger partial charge < -0.3 is 5.11 Å². The molecule has 0 aliphatic heterocycles. The fraction of sp³-hybridized carbons (Fsp3) is 0.667. The van der Waals surface area contributed by atoms with Gasteiger partial charge in [-0.2, -0.15) is 0 Å². The summed E-state index contributed by atoms with van der Waals surface area (Å²) in [5.41, 5.74) is 0.951. The van der Waals surface area contributed by atoms with E-state index in [9.17, 15) is 8.78 Å². The van der Waals surface area contributed by atoms with Crippen LogP contribution < -0.4 is 0 Å². The van der Waals surface area contributed by atoms with Crippen LogP contribution in [0.15, 0.2) is 24.3 Å². The van der Waals surface area contributed by atoms with Crippen molar-refractivity contribution in [1.29, 1.82) is 0 Å². The number of aliphatic hydroxyl groups is 1. The van der Waals surface area contributed by atoms with Gasteiger partial charge in [0.15, 0.2) is 0 Å². The third kappa shape index (κ3) is 5.19. The summed E-state index contributed by atoms with van der Waals surface area (Å²) in [6.07, 6.45) is 15.0. The average Bonchev–Trinajstić information content (AvgIpc) is 2.68. The van der Waals surface area contributed by atoms with Crippen molar-refractivity contribution in [3.05, 3.63) is 47.0 Å². The number of hydrogen-bond acceptors (Lipinski definition) is 1. The normalized spacial score (nSPS) is 29.3. The van der Waals surface area contributed by atoms with E-state index in [0.717, 1.165) is 36.2 Å². The van der Waals surface area contributed by atoms with E-state index in [1.54, 1.807) is 12.1 Å². The number of benzene rings is 1. The largest absolute Gasteiger partial charge is 0.396 e. The molecule has 1 N–H and O–H groups in total. The van der Waals surface area contributed by atoms with Crippen LogP contribution in [0.25, 0.3) is 0 Å². The second kappa shape index (κ2) is 9.82. The minimum absolute atomic E-state index is 0.0404. The molecular formula is C24H34F2O. The Hall–Kier alpha value is -1.22. The standard InChI is InChI=1S/C24H34F2O/c1-2-4-17-6-8-18(9-7-17)19-10-12-20(13-11-19)21-15-23(25)22(5-3-14-27)24(26)16-21/h2,4,15-20,27H,3,5-14H2,1H3/b4-2+. The molecule has 3 heteroatoms. The van der Waals surface area contributed by atoms with Crippen LogP contribution in [0.5, 0.6) is 0 Å². The lowest BCUT2D eigenvalue weighted by molar-refractivity contribution is 0.171. The number of rotatable bonds is 6. The highest BCUT2D eigenvalue weighted by Crippen LogP contribution is 2.44. The summed E-state index contributed by atoms with van der Waals surface area (Å²) in [4.78, 5) is 0. The zero-order chi connectivity index (χ0) is 19.2. The van der Waals surface area contributed by atoms with Gasteiger partial charge in [-0.15, -0.1) is 0 Å². The monoisotopic (exact) mass is 376 g/mol. The molecule has 0 aromatic heterocycles. The molecule has 1 aromatic carbocycles. The van der Waals surface area contributed by atoms with Crippen molar-refractivity contribution in [2.24, 2.45) is 17.8 Å². The summed E-state index contributed by atoms with van der Waals surface area (Å²) in [7, 11) is 0. The molecule has 0 radical (unpaired) electrons. The first kappa shape index (κ1) is 20.5. The van der Waals surface area contributed by atoms with Crippen LogP contribution in [0.1, 0.15) is 81.8 Å². The molecule has 0 atom stereocenters. The number of hydrogen-bond donors (Lipinski definition) is 1. The van der Waals surface area contributed by atoms with Crippen LogP contribution in [0.3, 0.4) is 0 Å². The minimum Gasteiger partial charge on any atom is -0.396 e. The van der Waals surface area contributed by atoms with Gasteiger partial charge in [-0.3, -0.25) is 0 Å². The third-order valence-electron chi connectivity index (χ3n) is 6.94. The van der Waals surface area contributed by atoms with Crippen molar-refractivity contribution in [2.75, 3.05) is 6.61 Å². The van der Waals surface area contributed by atoms with Crippen molar-refractivity contribution >= 4 is 0 Å². The van der Waals surface area contributed by atoms with Crippen molar-refractivity contribution in [3.63, 3.8) is 0 Å². The Bertz CT molecular complexity index is 600. The number of allylic oxidation sites excluding steroid dienone is 2. The molecule has 2 saturated carbocycles. The molecule has 3 rings (SSSR count). The molecule has 1 aromatic rings. The molecule has 0 bridgehead atoms. The highest BCUT2D eigenvalue weighted by Gasteiger charge is 2.31. The Morgan fingerprint density at radius 2 is 1.48 bits per heavy atom. The first-order valence-electron chi connectivity index (χ1n) is 10.8. The Balaban J connectivity index is 1.55. The molecule has 150 valence electrons. The predicted octanol–water partition coefficient (Wildman–Crippen LogP) is 6.55. The zero-order valence-electron chi connectivity index (χ0n) is 16.6. The molecule has 0 spiro atoms. The molecule has 0 heterocycles. The van der Waals surface area contributed by atoms with Crippen LogP contribution in [-0.2, 0) is 6.42 Å². The maximum Gasteiger partial charge on any atom is 0.129 e. The second-order valence-corrected chi connectivity index (χ2v) is 8.60. The Labute approximate surface area is 162 Å². The summed E-state index contributed by atoms with van der Waals surface area (Å²) >= 11 is 0. The van der Waals surface area contributed by atoms with E-state index >= 15 is 0 Å². The maximum atomic E-state index is 14.3. The van der Waals surface area contributed by atoms with E-state index in [1.807, 2.05) is 0 Å². The Morgan fingerprint density at radius 1 is 0.926 bits per heavy atom. The van der Waals surface area contributed by atoms with E-state index in [2.05, 4.69) is 19.1 Å². The van der Waals surface area contributed by atoms with Gasteiger partial charge >= 0.3 is 0 Å². The highest BCUT2D eigenvalue weighted by atomic mass is 19.1. The van der Waals surface area contributed by atoms with Gasteiger partial charge in [0.1, 0.15) is 11.6 Å². The Morgan fingerprint density at radius 3 is 2.00 bits per heavy atom. The lowest BCUT2D eigenvalue weighted by Gasteiger charge is -2.37. The lowest BCUT2D eigenvalue weighted by Crippen LogP contribution is -2.25. The fourth-order valence-corrected chi connectivity index (χ4v) is 5.36. The summed E-state index contributed by atoms with van der Waals surface area (Å²) in [5, 5.41) is 8.89. The van der Waals surface area contributed by atoms with Crippen LogP contribution in [0.4, 0.5) is 8.78 Å². The Kier molecular flexibility index (Phi) is 7.46. The zero-order valence-corrected chi connectivity index (χ0v) is 16.6. The topological polar surface area (TPSA) is 20.2 Å². The first-order valence-corrected chi connectivity index (χ1v) is 10.8. The van der Waals surface area contributed by atoms with Crippen molar-refractivity contribution < 1.29 is 13.9 Å². The molecule has 0 unspecified atom stereocenters. The molecule has 0 saturated heterocycles. The molecule has 27 heavy (non-hydrogen) atoms. The van der Waals surface area contributed by atoms with Crippen LogP contribution in [-0.4, -0.2) is 11.7 Å². The SMILES string of the molecule is C/C=C/C1CCC(C2CCC(c3cc(F)c(CCCO)c(F)c3)CC2)CC1. The average molecular weight is 377 g/mol. The summed E-state index contributed by atoms with van der Waals surface area (Å²) in [6, 6.07) is 3.09. The summed E-state index contributed by atoms with van der Waals surface area (Å²) < 4.78 is 28.7. The molecule has 2 aliphatic rings. The van der Waals surface area contributed by atoms with Gasteiger partial charge in [-0.25, -0.2) is 8.78 Å². The molecule has 1 nitrogen and oxygen atoms in total. The molecule has 2 fully saturated rings. The van der Waals surface area contributed by atoms with Crippen LogP contribution in [0, 0.1) is 29.4 Å². The minimum atomic E-state index is -0.442. The fourth-order valence-electron chi connectivity index (χ4n) is 5.36. The molecular weight excluding hydrogens is 342 g/mol. The van der Waals surface area contributed by atoms with Crippen molar-refractivity contribution in [2.45, 2.75) is 77.0 Å². The predicted molar refractivity (Wildman–Crippen MR) is 107 cm³/mol. The highest BCUT2D eigenvalue weighted by molar-refractivity contribution is 5.29. The molecule has 2 aliphatic carbocycles. The van der Waals surface area contributed by atoms with Gasteiger partial charge in [0.25, 0.3) is 0 Å². The lowest BCUT2D eigenvalue weighted by atomic mass is 9.68.